The molecule has 126 valence electrons. The Morgan fingerprint density at radius 2 is 1.96 bits per heavy atom. The van der Waals surface area contributed by atoms with Crippen LogP contribution in [-0.4, -0.2) is 36.5 Å². The molecule has 1 amide bonds. The minimum atomic E-state index is -0.354. The monoisotopic (exact) mass is 316 g/mol. The lowest BCUT2D eigenvalue weighted by Gasteiger charge is -2.35. The fourth-order valence-electron chi connectivity index (χ4n) is 3.84. The van der Waals surface area contributed by atoms with Gasteiger partial charge in [-0.15, -0.1) is 0 Å². The highest BCUT2D eigenvalue weighted by molar-refractivity contribution is 5.81. The van der Waals surface area contributed by atoms with E-state index in [-0.39, 0.29) is 18.1 Å². The topological polar surface area (TPSA) is 55.6 Å². The molecule has 1 aliphatic carbocycles. The van der Waals surface area contributed by atoms with E-state index in [4.69, 9.17) is 10.5 Å². The molecule has 3 rings (SSSR count). The number of carbonyl (C=O) groups excluding carboxylic acids is 1. The van der Waals surface area contributed by atoms with Crippen LogP contribution >= 0.6 is 0 Å². The Kier molecular flexibility index (Phi) is 5.68. The summed E-state index contributed by atoms with van der Waals surface area (Å²) in [6.45, 7) is 1.85. The van der Waals surface area contributed by atoms with E-state index >= 15 is 0 Å². The number of hydrogen-bond acceptors (Lipinski definition) is 3. The molecule has 1 saturated heterocycles. The number of benzene rings is 1. The number of nitrogens with zero attached hydrogens (tertiary/aromatic N) is 1. The van der Waals surface area contributed by atoms with Gasteiger partial charge in [0.05, 0.1) is 19.2 Å². The normalized spacial score (nSPS) is 24.4. The van der Waals surface area contributed by atoms with Crippen molar-refractivity contribution in [3.05, 3.63) is 35.9 Å². The van der Waals surface area contributed by atoms with Crippen LogP contribution in [0.15, 0.2) is 30.3 Å². The van der Waals surface area contributed by atoms with Gasteiger partial charge in [-0.2, -0.15) is 0 Å². The summed E-state index contributed by atoms with van der Waals surface area (Å²) in [7, 11) is 0. The molecule has 0 aromatic heterocycles. The molecule has 1 heterocycles. The van der Waals surface area contributed by atoms with Gasteiger partial charge >= 0.3 is 0 Å². The standard InChI is InChI=1S/C19H28N2O2/c20-17(13-15-7-3-1-4-8-15)19(22)21-11-12-23-18(14-21)16-9-5-2-6-10-16/h2,5-6,9-10,15,17-18H,1,3-4,7-8,11-14,20H2. The van der Waals surface area contributed by atoms with Gasteiger partial charge in [-0.1, -0.05) is 62.4 Å². The third kappa shape index (κ3) is 4.33. The predicted molar refractivity (Wildman–Crippen MR) is 90.9 cm³/mol. The number of hydrogen-bond donors (Lipinski definition) is 1. The summed E-state index contributed by atoms with van der Waals surface area (Å²) in [4.78, 5) is 14.6. The van der Waals surface area contributed by atoms with Crippen molar-refractivity contribution in [2.24, 2.45) is 11.7 Å². The first-order chi connectivity index (χ1) is 11.2. The van der Waals surface area contributed by atoms with Crippen LogP contribution in [0.3, 0.4) is 0 Å². The van der Waals surface area contributed by atoms with Gasteiger partial charge in [-0.05, 0) is 17.9 Å². The van der Waals surface area contributed by atoms with Crippen molar-refractivity contribution in [1.82, 2.24) is 4.90 Å². The van der Waals surface area contributed by atoms with Gasteiger partial charge in [0.2, 0.25) is 5.91 Å². The van der Waals surface area contributed by atoms with E-state index in [0.29, 0.717) is 25.6 Å². The molecule has 2 unspecified atom stereocenters. The van der Waals surface area contributed by atoms with Crippen LogP contribution in [0.1, 0.15) is 50.2 Å². The molecule has 4 nitrogen and oxygen atoms in total. The van der Waals surface area contributed by atoms with E-state index in [2.05, 4.69) is 12.1 Å². The Morgan fingerprint density at radius 3 is 2.70 bits per heavy atom. The molecule has 23 heavy (non-hydrogen) atoms. The van der Waals surface area contributed by atoms with E-state index in [1.54, 1.807) is 0 Å². The average Bonchev–Trinajstić information content (AvgIpc) is 2.63. The highest BCUT2D eigenvalue weighted by Crippen LogP contribution is 2.28. The maximum Gasteiger partial charge on any atom is 0.239 e. The first kappa shape index (κ1) is 16.5. The lowest BCUT2D eigenvalue weighted by atomic mass is 9.84. The molecule has 2 aliphatic rings. The number of carbonyl (C=O) groups is 1. The van der Waals surface area contributed by atoms with E-state index in [0.717, 1.165) is 12.0 Å². The van der Waals surface area contributed by atoms with E-state index in [1.165, 1.54) is 32.1 Å². The van der Waals surface area contributed by atoms with E-state index in [1.807, 2.05) is 23.1 Å². The van der Waals surface area contributed by atoms with Crippen LogP contribution in [0, 0.1) is 5.92 Å². The molecule has 0 radical (unpaired) electrons. The van der Waals surface area contributed by atoms with Crippen molar-refractivity contribution < 1.29 is 9.53 Å². The van der Waals surface area contributed by atoms with Crippen LogP contribution in [0.4, 0.5) is 0 Å². The maximum atomic E-state index is 12.7. The first-order valence-corrected chi connectivity index (χ1v) is 8.95. The Balaban J connectivity index is 1.56. The van der Waals surface area contributed by atoms with Crippen LogP contribution in [0.2, 0.25) is 0 Å². The van der Waals surface area contributed by atoms with Crippen LogP contribution in [0.25, 0.3) is 0 Å². The van der Waals surface area contributed by atoms with Crippen molar-refractivity contribution in [3.8, 4) is 0 Å². The lowest BCUT2D eigenvalue weighted by molar-refractivity contribution is -0.140. The molecular formula is C19H28N2O2. The summed E-state index contributed by atoms with van der Waals surface area (Å²) >= 11 is 0. The summed E-state index contributed by atoms with van der Waals surface area (Å²) in [5, 5.41) is 0. The van der Waals surface area contributed by atoms with Gasteiger partial charge in [0.25, 0.3) is 0 Å². The summed E-state index contributed by atoms with van der Waals surface area (Å²) in [6, 6.07) is 9.77. The minimum Gasteiger partial charge on any atom is -0.370 e. The first-order valence-electron chi connectivity index (χ1n) is 8.95. The average molecular weight is 316 g/mol. The second-order valence-corrected chi connectivity index (χ2v) is 6.90. The number of rotatable bonds is 4. The molecule has 4 heteroatoms. The fraction of sp³-hybridized carbons (Fsp3) is 0.632. The number of nitrogens with two attached hydrogens (primary N) is 1. The molecule has 0 bridgehead atoms. The number of morpholine rings is 1. The number of ether oxygens (including phenoxy) is 1. The smallest absolute Gasteiger partial charge is 0.239 e. The van der Waals surface area contributed by atoms with Gasteiger partial charge in [0.1, 0.15) is 6.10 Å². The Labute approximate surface area is 139 Å². The van der Waals surface area contributed by atoms with Crippen molar-refractivity contribution in [1.29, 1.82) is 0 Å². The molecule has 1 aromatic carbocycles. The van der Waals surface area contributed by atoms with E-state index < -0.39 is 0 Å². The van der Waals surface area contributed by atoms with Crippen LogP contribution < -0.4 is 5.73 Å². The Hall–Kier alpha value is -1.39. The molecule has 2 atom stereocenters. The van der Waals surface area contributed by atoms with Gasteiger partial charge in [-0.25, -0.2) is 0 Å². The zero-order valence-corrected chi connectivity index (χ0v) is 13.8. The molecule has 1 aliphatic heterocycles. The fourth-order valence-corrected chi connectivity index (χ4v) is 3.84. The predicted octanol–water partition coefficient (Wildman–Crippen LogP) is 2.88. The summed E-state index contributed by atoms with van der Waals surface area (Å²) < 4.78 is 5.84. The largest absolute Gasteiger partial charge is 0.370 e. The highest BCUT2D eigenvalue weighted by Gasteiger charge is 2.29. The van der Waals surface area contributed by atoms with Gasteiger partial charge < -0.3 is 15.4 Å². The zero-order chi connectivity index (χ0) is 16.1. The van der Waals surface area contributed by atoms with Crippen molar-refractivity contribution >= 4 is 5.91 Å². The van der Waals surface area contributed by atoms with Crippen molar-refractivity contribution in [2.75, 3.05) is 19.7 Å². The molecule has 2 N–H and O–H groups in total. The van der Waals surface area contributed by atoms with Crippen molar-refractivity contribution in [2.45, 2.75) is 50.7 Å². The van der Waals surface area contributed by atoms with Gasteiger partial charge in [-0.3, -0.25) is 4.79 Å². The molecular weight excluding hydrogens is 288 g/mol. The van der Waals surface area contributed by atoms with Crippen LogP contribution in [-0.2, 0) is 9.53 Å². The van der Waals surface area contributed by atoms with E-state index in [9.17, 15) is 4.79 Å². The third-order valence-corrected chi connectivity index (χ3v) is 5.18. The maximum absolute atomic E-state index is 12.7. The SMILES string of the molecule is NC(CC1CCCCC1)C(=O)N1CCOC(c2ccccc2)C1. The van der Waals surface area contributed by atoms with Crippen molar-refractivity contribution in [3.63, 3.8) is 0 Å². The summed E-state index contributed by atoms with van der Waals surface area (Å²) in [5.74, 6) is 0.730. The Morgan fingerprint density at radius 1 is 1.22 bits per heavy atom. The van der Waals surface area contributed by atoms with Gasteiger partial charge in [0, 0.05) is 6.54 Å². The summed E-state index contributed by atoms with van der Waals surface area (Å²) in [5.41, 5.74) is 7.36. The highest BCUT2D eigenvalue weighted by atomic mass is 16.5. The molecule has 1 saturated carbocycles. The molecule has 2 fully saturated rings. The number of amides is 1. The van der Waals surface area contributed by atoms with Gasteiger partial charge in [0.15, 0.2) is 0 Å². The quantitative estimate of drug-likeness (QED) is 0.929. The zero-order valence-electron chi connectivity index (χ0n) is 13.8. The molecule has 1 aromatic rings. The van der Waals surface area contributed by atoms with Crippen LogP contribution in [0.5, 0.6) is 0 Å². The second-order valence-electron chi connectivity index (χ2n) is 6.90. The second kappa shape index (κ2) is 7.93. The minimum absolute atomic E-state index is 0.0317. The Bertz CT molecular complexity index is 499. The third-order valence-electron chi connectivity index (χ3n) is 5.18. The summed E-state index contributed by atoms with van der Waals surface area (Å²) in [6.07, 6.45) is 7.19. The lowest BCUT2D eigenvalue weighted by Crippen LogP contribution is -2.49. The molecule has 0 spiro atoms.